The Balaban J connectivity index is 0. The average Bonchev–Trinajstić information content (AvgIpc) is 2.37. The van der Waals surface area contributed by atoms with Gasteiger partial charge in [-0.2, -0.15) is 0 Å². The minimum absolute atomic E-state index is 0. The summed E-state index contributed by atoms with van der Waals surface area (Å²) >= 11 is 1.68. The van der Waals surface area contributed by atoms with E-state index >= 15 is 0 Å². The van der Waals surface area contributed by atoms with Crippen molar-refractivity contribution in [3.05, 3.63) is 16.6 Å². The third-order valence-corrected chi connectivity index (χ3v) is 2.21. The highest BCUT2D eigenvalue weighted by Crippen LogP contribution is 2.13. The van der Waals surface area contributed by atoms with E-state index < -0.39 is 0 Å². The SMILES string of the molecule is CNC(C)c1nccs1.Cl.Cl. The van der Waals surface area contributed by atoms with E-state index in [4.69, 9.17) is 0 Å². The fourth-order valence-electron chi connectivity index (χ4n) is 0.572. The smallest absolute Gasteiger partial charge is 0.109 e. The van der Waals surface area contributed by atoms with Crippen LogP contribution in [0.15, 0.2) is 11.6 Å². The van der Waals surface area contributed by atoms with E-state index in [1.165, 1.54) is 0 Å². The number of rotatable bonds is 2. The van der Waals surface area contributed by atoms with Crippen molar-refractivity contribution in [1.29, 1.82) is 0 Å². The van der Waals surface area contributed by atoms with E-state index in [2.05, 4.69) is 17.2 Å². The van der Waals surface area contributed by atoms with Crippen LogP contribution in [-0.2, 0) is 0 Å². The second-order valence-corrected chi connectivity index (χ2v) is 2.81. The molecule has 0 aromatic carbocycles. The third kappa shape index (κ3) is 3.91. The summed E-state index contributed by atoms with van der Waals surface area (Å²) in [6.07, 6.45) is 1.83. The Morgan fingerprint density at radius 3 is 2.55 bits per heavy atom. The molecule has 0 amide bonds. The van der Waals surface area contributed by atoms with Crippen molar-refractivity contribution in [2.24, 2.45) is 0 Å². The molecule has 1 atom stereocenters. The highest BCUT2D eigenvalue weighted by Gasteiger charge is 2.02. The summed E-state index contributed by atoms with van der Waals surface area (Å²) in [7, 11) is 1.94. The normalized spacial score (nSPS) is 11.1. The van der Waals surface area contributed by atoms with Crippen molar-refractivity contribution in [3.63, 3.8) is 0 Å². The molecule has 1 rings (SSSR count). The van der Waals surface area contributed by atoms with Crippen LogP contribution < -0.4 is 5.32 Å². The minimum atomic E-state index is 0. The number of hydrogen-bond donors (Lipinski definition) is 1. The van der Waals surface area contributed by atoms with E-state index in [1.54, 1.807) is 11.3 Å². The first-order chi connectivity index (χ1) is 4.34. The summed E-state index contributed by atoms with van der Waals surface area (Å²) in [5, 5.41) is 6.25. The van der Waals surface area contributed by atoms with Gasteiger partial charge in [-0.25, -0.2) is 4.98 Å². The van der Waals surface area contributed by atoms with E-state index in [-0.39, 0.29) is 24.8 Å². The second-order valence-electron chi connectivity index (χ2n) is 1.88. The van der Waals surface area contributed by atoms with Crippen molar-refractivity contribution in [1.82, 2.24) is 10.3 Å². The molecule has 66 valence electrons. The van der Waals surface area contributed by atoms with Gasteiger partial charge in [0.2, 0.25) is 0 Å². The molecule has 1 aromatic rings. The lowest BCUT2D eigenvalue weighted by molar-refractivity contribution is 0.647. The third-order valence-electron chi connectivity index (χ3n) is 1.25. The molecule has 0 saturated heterocycles. The molecule has 1 heterocycles. The molecule has 0 bridgehead atoms. The molecule has 0 radical (unpaired) electrons. The Hall–Kier alpha value is 0.170. The van der Waals surface area contributed by atoms with Gasteiger partial charge >= 0.3 is 0 Å². The Labute approximate surface area is 83.2 Å². The molecule has 0 spiro atoms. The molecule has 0 fully saturated rings. The maximum atomic E-state index is 4.14. The van der Waals surface area contributed by atoms with Gasteiger partial charge in [-0.15, -0.1) is 36.2 Å². The van der Waals surface area contributed by atoms with Crippen LogP contribution in [-0.4, -0.2) is 12.0 Å². The van der Waals surface area contributed by atoms with Crippen LogP contribution in [0.25, 0.3) is 0 Å². The van der Waals surface area contributed by atoms with Gasteiger partial charge in [-0.3, -0.25) is 0 Å². The lowest BCUT2D eigenvalue weighted by Crippen LogP contribution is -2.11. The molecule has 1 N–H and O–H groups in total. The van der Waals surface area contributed by atoms with Gasteiger partial charge in [-0.1, -0.05) is 0 Å². The van der Waals surface area contributed by atoms with Crippen molar-refractivity contribution in [2.75, 3.05) is 7.05 Å². The Morgan fingerprint density at radius 2 is 2.18 bits per heavy atom. The van der Waals surface area contributed by atoms with E-state index in [0.29, 0.717) is 6.04 Å². The molecule has 0 aliphatic carbocycles. The van der Waals surface area contributed by atoms with Gasteiger partial charge in [0, 0.05) is 11.6 Å². The molecule has 1 unspecified atom stereocenters. The van der Waals surface area contributed by atoms with Crippen molar-refractivity contribution < 1.29 is 0 Å². The summed E-state index contributed by atoms with van der Waals surface area (Å²) < 4.78 is 0. The van der Waals surface area contributed by atoms with Crippen molar-refractivity contribution in [2.45, 2.75) is 13.0 Å². The molecule has 0 aliphatic heterocycles. The van der Waals surface area contributed by atoms with Crippen LogP contribution in [0, 0.1) is 0 Å². The van der Waals surface area contributed by atoms with Gasteiger partial charge in [0.25, 0.3) is 0 Å². The monoisotopic (exact) mass is 214 g/mol. The summed E-state index contributed by atoms with van der Waals surface area (Å²) in [6.45, 7) is 2.10. The maximum Gasteiger partial charge on any atom is 0.109 e. The number of hydrogen-bond acceptors (Lipinski definition) is 3. The van der Waals surface area contributed by atoms with E-state index in [9.17, 15) is 0 Å². The van der Waals surface area contributed by atoms with Gasteiger partial charge in [0.05, 0.1) is 6.04 Å². The molecular formula is C6H12Cl2N2S. The molecule has 2 nitrogen and oxygen atoms in total. The zero-order chi connectivity index (χ0) is 6.69. The summed E-state index contributed by atoms with van der Waals surface area (Å²) in [6, 6.07) is 0.394. The van der Waals surface area contributed by atoms with E-state index in [0.717, 1.165) is 5.01 Å². The number of halogens is 2. The second kappa shape index (κ2) is 6.85. The molecule has 0 aliphatic rings. The molecule has 0 saturated carbocycles. The highest BCUT2D eigenvalue weighted by molar-refractivity contribution is 7.09. The van der Waals surface area contributed by atoms with Crippen LogP contribution in [0.3, 0.4) is 0 Å². The average molecular weight is 215 g/mol. The highest BCUT2D eigenvalue weighted by atomic mass is 35.5. The zero-order valence-corrected chi connectivity index (χ0v) is 8.85. The standard InChI is InChI=1S/C6H10N2S.2ClH/c1-5(7-2)6-8-3-4-9-6;;/h3-5,7H,1-2H3;2*1H. The first kappa shape index (κ1) is 13.7. The van der Waals surface area contributed by atoms with Crippen LogP contribution in [0.2, 0.25) is 0 Å². The number of aromatic nitrogens is 1. The lowest BCUT2D eigenvalue weighted by atomic mass is 10.4. The van der Waals surface area contributed by atoms with Crippen LogP contribution >= 0.6 is 36.2 Å². The predicted octanol–water partition coefficient (Wildman–Crippen LogP) is 2.27. The van der Waals surface area contributed by atoms with E-state index in [1.807, 2.05) is 18.6 Å². The number of nitrogens with one attached hydrogen (secondary N) is 1. The zero-order valence-electron chi connectivity index (χ0n) is 6.40. The van der Waals surface area contributed by atoms with Crippen LogP contribution in [0.1, 0.15) is 18.0 Å². The number of thiazole rings is 1. The Bertz CT molecular complexity index is 167. The van der Waals surface area contributed by atoms with Gasteiger partial charge in [0.1, 0.15) is 5.01 Å². The van der Waals surface area contributed by atoms with Crippen molar-refractivity contribution >= 4 is 36.2 Å². The molecule has 5 heteroatoms. The largest absolute Gasteiger partial charge is 0.311 e. The Kier molecular flexibility index (Phi) is 8.56. The fourth-order valence-corrected chi connectivity index (χ4v) is 1.28. The number of nitrogens with zero attached hydrogens (tertiary/aromatic N) is 1. The molecular weight excluding hydrogens is 203 g/mol. The Morgan fingerprint density at radius 1 is 1.55 bits per heavy atom. The topological polar surface area (TPSA) is 24.9 Å². The van der Waals surface area contributed by atoms with Gasteiger partial charge in [-0.05, 0) is 14.0 Å². The first-order valence-corrected chi connectivity index (χ1v) is 3.79. The summed E-state index contributed by atoms with van der Waals surface area (Å²) in [4.78, 5) is 4.14. The maximum absolute atomic E-state index is 4.14. The minimum Gasteiger partial charge on any atom is -0.311 e. The summed E-state index contributed by atoms with van der Waals surface area (Å²) in [5.41, 5.74) is 0. The van der Waals surface area contributed by atoms with Gasteiger partial charge in [0.15, 0.2) is 0 Å². The summed E-state index contributed by atoms with van der Waals surface area (Å²) in [5.74, 6) is 0. The first-order valence-electron chi connectivity index (χ1n) is 2.91. The quantitative estimate of drug-likeness (QED) is 0.818. The molecule has 1 aromatic heterocycles. The predicted molar refractivity (Wildman–Crippen MR) is 54.1 cm³/mol. The molecule has 11 heavy (non-hydrogen) atoms. The van der Waals surface area contributed by atoms with Crippen LogP contribution in [0.4, 0.5) is 0 Å². The fraction of sp³-hybridized carbons (Fsp3) is 0.500. The van der Waals surface area contributed by atoms with Crippen molar-refractivity contribution in [3.8, 4) is 0 Å². The van der Waals surface area contributed by atoms with Crippen LogP contribution in [0.5, 0.6) is 0 Å². The lowest BCUT2D eigenvalue weighted by Gasteiger charge is -2.03. The van der Waals surface area contributed by atoms with Gasteiger partial charge < -0.3 is 5.32 Å².